The van der Waals surface area contributed by atoms with Gasteiger partial charge in [-0.05, 0) is 52.6 Å². The number of aromatic nitrogens is 1. The van der Waals surface area contributed by atoms with Gasteiger partial charge in [-0.3, -0.25) is 0 Å². The largest absolute Gasteiger partial charge is 0.455 e. The number of hydrogen-bond acceptors (Lipinski definition) is 1. The van der Waals surface area contributed by atoms with E-state index in [9.17, 15) is 0 Å². The summed E-state index contributed by atoms with van der Waals surface area (Å²) < 4.78 is 9.03. The van der Waals surface area contributed by atoms with Gasteiger partial charge in [0.15, 0.2) is 0 Å². The Balaban J connectivity index is 1.63. The van der Waals surface area contributed by atoms with E-state index in [2.05, 4.69) is 109 Å². The Morgan fingerprint density at radius 3 is 2.31 bits per heavy atom. The Kier molecular flexibility index (Phi) is 2.93. The number of furan rings is 1. The number of benzene rings is 5. The highest BCUT2D eigenvalue weighted by molar-refractivity contribution is 6.31. The van der Waals surface area contributed by atoms with Gasteiger partial charge < -0.3 is 8.82 Å². The molecule has 1 aliphatic carbocycles. The van der Waals surface area contributed by atoms with E-state index in [1.807, 2.05) is 0 Å². The summed E-state index contributed by atoms with van der Waals surface area (Å²) in [6.07, 6.45) is 0. The van der Waals surface area contributed by atoms with Crippen LogP contribution in [0, 0.1) is 0 Å². The van der Waals surface area contributed by atoms with Crippen molar-refractivity contribution < 1.29 is 4.42 Å². The Hall–Kier alpha value is -4.30. The van der Waals surface area contributed by atoms with Crippen LogP contribution in [0.15, 0.2) is 95.4 Å². The van der Waals surface area contributed by atoms with Gasteiger partial charge in [0.05, 0.1) is 21.9 Å². The molecule has 3 aromatic heterocycles. The van der Waals surface area contributed by atoms with Gasteiger partial charge in [0, 0.05) is 32.3 Å². The topological polar surface area (TPSA) is 17.6 Å². The average molecular weight is 448 g/mol. The lowest BCUT2D eigenvalue weighted by atomic mass is 9.80. The van der Waals surface area contributed by atoms with Gasteiger partial charge in [-0.25, -0.2) is 0 Å². The molecule has 9 rings (SSSR count). The van der Waals surface area contributed by atoms with Crippen molar-refractivity contribution in [1.82, 2.24) is 4.40 Å². The fraction of sp³-hybridized carbons (Fsp3) is 0.0909. The van der Waals surface area contributed by atoms with Crippen molar-refractivity contribution in [3.05, 3.63) is 102 Å². The summed E-state index contributed by atoms with van der Waals surface area (Å²) in [4.78, 5) is 0. The summed E-state index contributed by atoms with van der Waals surface area (Å²) in [6.45, 7) is 4.76. The molecule has 0 aliphatic heterocycles. The lowest BCUT2D eigenvalue weighted by Crippen LogP contribution is -2.15. The summed E-state index contributed by atoms with van der Waals surface area (Å²) >= 11 is 0. The average Bonchev–Trinajstić information content (AvgIpc) is 3.58. The molecule has 35 heavy (non-hydrogen) atoms. The third-order valence-corrected chi connectivity index (χ3v) is 8.49. The minimum Gasteiger partial charge on any atom is -0.455 e. The molecule has 5 aromatic carbocycles. The van der Waals surface area contributed by atoms with Crippen molar-refractivity contribution in [1.29, 1.82) is 0 Å². The van der Waals surface area contributed by atoms with Crippen LogP contribution >= 0.6 is 0 Å². The molecule has 0 spiro atoms. The molecule has 0 saturated carbocycles. The predicted octanol–water partition coefficient (Wildman–Crippen LogP) is 9.04. The van der Waals surface area contributed by atoms with E-state index in [4.69, 9.17) is 4.42 Å². The van der Waals surface area contributed by atoms with Crippen molar-refractivity contribution in [2.75, 3.05) is 0 Å². The molecule has 0 unspecified atom stereocenters. The molecule has 0 amide bonds. The van der Waals surface area contributed by atoms with Crippen LogP contribution in [0.4, 0.5) is 0 Å². The van der Waals surface area contributed by atoms with E-state index in [1.54, 1.807) is 0 Å². The maximum absolute atomic E-state index is 6.56. The lowest BCUT2D eigenvalue weighted by Gasteiger charge is -2.22. The van der Waals surface area contributed by atoms with Gasteiger partial charge >= 0.3 is 0 Å². The van der Waals surface area contributed by atoms with Gasteiger partial charge in [0.1, 0.15) is 11.2 Å². The van der Waals surface area contributed by atoms with Crippen molar-refractivity contribution in [3.8, 4) is 11.1 Å². The maximum Gasteiger partial charge on any atom is 0.145 e. The quantitative estimate of drug-likeness (QED) is 0.227. The maximum atomic E-state index is 6.56. The molecule has 0 atom stereocenters. The Morgan fingerprint density at radius 1 is 0.629 bits per heavy atom. The number of para-hydroxylation sites is 2. The van der Waals surface area contributed by atoms with Crippen molar-refractivity contribution in [2.24, 2.45) is 0 Å². The summed E-state index contributed by atoms with van der Waals surface area (Å²) in [6, 6.07) is 33.2. The standard InChI is InChI=1S/C33H21NO/c1-33(2)24-12-6-3-9-18(24)22-17-23-28-26(16-15-20-19-10-5-8-14-27(19)35-32(20)28)34-25-13-7-4-11-21(25)29(30(22)33)31(23)34/h3-17H,1-2H3. The van der Waals surface area contributed by atoms with E-state index < -0.39 is 0 Å². The zero-order valence-corrected chi connectivity index (χ0v) is 19.5. The van der Waals surface area contributed by atoms with Crippen LogP contribution in [0.1, 0.15) is 25.0 Å². The zero-order valence-electron chi connectivity index (χ0n) is 19.5. The first-order valence-corrected chi connectivity index (χ1v) is 12.3. The molecule has 0 radical (unpaired) electrons. The highest BCUT2D eigenvalue weighted by Gasteiger charge is 2.39. The summed E-state index contributed by atoms with van der Waals surface area (Å²) in [5.41, 5.74) is 11.2. The van der Waals surface area contributed by atoms with E-state index in [-0.39, 0.29) is 5.41 Å². The Morgan fingerprint density at radius 2 is 1.40 bits per heavy atom. The van der Waals surface area contributed by atoms with Crippen molar-refractivity contribution in [2.45, 2.75) is 19.3 Å². The van der Waals surface area contributed by atoms with E-state index in [0.717, 1.165) is 11.2 Å². The van der Waals surface area contributed by atoms with Gasteiger partial charge in [0.25, 0.3) is 0 Å². The monoisotopic (exact) mass is 447 g/mol. The third kappa shape index (κ3) is 1.89. The lowest BCUT2D eigenvalue weighted by molar-refractivity contribution is 0.667. The van der Waals surface area contributed by atoms with Gasteiger partial charge in [0.2, 0.25) is 0 Å². The van der Waals surface area contributed by atoms with E-state index in [1.165, 1.54) is 71.1 Å². The molecule has 8 aromatic rings. The molecular formula is C33H21NO. The molecule has 0 N–H and O–H groups in total. The smallest absolute Gasteiger partial charge is 0.145 e. The molecule has 2 heteroatoms. The van der Waals surface area contributed by atoms with E-state index in [0.29, 0.717) is 0 Å². The molecule has 0 fully saturated rings. The third-order valence-electron chi connectivity index (χ3n) is 8.49. The molecule has 1 aliphatic rings. The fourth-order valence-corrected chi connectivity index (χ4v) is 7.09. The molecular weight excluding hydrogens is 426 g/mol. The first-order valence-electron chi connectivity index (χ1n) is 12.3. The van der Waals surface area contributed by atoms with Gasteiger partial charge in [-0.1, -0.05) is 74.5 Å². The minimum atomic E-state index is -0.0666. The van der Waals surface area contributed by atoms with Crippen LogP contribution < -0.4 is 0 Å². The second-order valence-corrected chi connectivity index (χ2v) is 10.5. The highest BCUT2D eigenvalue weighted by Crippen LogP contribution is 2.55. The number of fused-ring (bicyclic) bond motifs is 14. The number of rotatable bonds is 0. The van der Waals surface area contributed by atoms with Crippen LogP contribution in [-0.4, -0.2) is 4.40 Å². The summed E-state index contributed by atoms with van der Waals surface area (Å²) in [7, 11) is 0. The second kappa shape index (κ2) is 5.67. The van der Waals surface area contributed by atoms with E-state index >= 15 is 0 Å². The summed E-state index contributed by atoms with van der Waals surface area (Å²) in [5.74, 6) is 0. The first-order chi connectivity index (χ1) is 17.1. The normalized spacial score (nSPS) is 14.8. The minimum absolute atomic E-state index is 0.0666. The fourth-order valence-electron chi connectivity index (χ4n) is 7.09. The van der Waals surface area contributed by atoms with Crippen LogP contribution in [0.25, 0.3) is 71.2 Å². The molecule has 0 saturated heterocycles. The van der Waals surface area contributed by atoms with Crippen LogP contribution in [0.3, 0.4) is 0 Å². The molecule has 0 bridgehead atoms. The first kappa shape index (κ1) is 18.1. The Labute approximate surface area is 201 Å². The zero-order chi connectivity index (χ0) is 23.1. The van der Waals surface area contributed by atoms with Gasteiger partial charge in [-0.15, -0.1) is 0 Å². The van der Waals surface area contributed by atoms with Gasteiger partial charge in [-0.2, -0.15) is 0 Å². The van der Waals surface area contributed by atoms with Crippen LogP contribution in [0.5, 0.6) is 0 Å². The molecule has 3 heterocycles. The second-order valence-electron chi connectivity index (χ2n) is 10.5. The number of hydrogen-bond donors (Lipinski definition) is 0. The molecule has 2 nitrogen and oxygen atoms in total. The number of nitrogens with zero attached hydrogens (tertiary/aromatic N) is 1. The molecule has 164 valence electrons. The predicted molar refractivity (Wildman–Crippen MR) is 146 cm³/mol. The van der Waals surface area contributed by atoms with Crippen molar-refractivity contribution >= 4 is 60.0 Å². The Bertz CT molecular complexity index is 2190. The highest BCUT2D eigenvalue weighted by atomic mass is 16.3. The SMILES string of the molecule is CC1(C)c2ccccc2-c2cc3c4c5oc6ccccc6c5ccc4n4c5ccccc5c(c21)c34. The summed E-state index contributed by atoms with van der Waals surface area (Å²) in [5, 5.41) is 7.57. The van der Waals surface area contributed by atoms with Crippen LogP contribution in [0.2, 0.25) is 0 Å². The van der Waals surface area contributed by atoms with Crippen molar-refractivity contribution in [3.63, 3.8) is 0 Å². The van der Waals surface area contributed by atoms with Crippen LogP contribution in [-0.2, 0) is 5.41 Å².